The molecule has 0 amide bonds. The van der Waals surface area contributed by atoms with Crippen LogP contribution < -0.4 is 4.74 Å². The van der Waals surface area contributed by atoms with Gasteiger partial charge in [0.2, 0.25) is 11.8 Å². The molecule has 138 valence electrons. The van der Waals surface area contributed by atoms with E-state index in [1.807, 2.05) is 55.6 Å². The van der Waals surface area contributed by atoms with Crippen LogP contribution in [0.1, 0.15) is 25.0 Å². The number of hydrogen-bond donors (Lipinski definition) is 0. The third-order valence-corrected chi connectivity index (χ3v) is 5.40. The molecule has 0 bridgehead atoms. The van der Waals surface area contributed by atoms with Crippen LogP contribution in [0.3, 0.4) is 0 Å². The van der Waals surface area contributed by atoms with Crippen molar-refractivity contribution in [3.8, 4) is 28.0 Å². The number of ether oxygens (including phenoxy) is 1. The lowest BCUT2D eigenvalue weighted by atomic mass is 10.2. The number of rotatable bonds is 7. The van der Waals surface area contributed by atoms with E-state index in [-0.39, 0.29) is 5.25 Å². The normalized spacial score (nSPS) is 12.2. The summed E-state index contributed by atoms with van der Waals surface area (Å²) in [5.41, 5.74) is 0.836. The summed E-state index contributed by atoms with van der Waals surface area (Å²) < 4.78 is 16.9. The highest BCUT2D eigenvalue weighted by Gasteiger charge is 2.20. The fourth-order valence-corrected chi connectivity index (χ4v) is 3.69. The highest BCUT2D eigenvalue weighted by atomic mass is 32.2. The molecule has 3 heterocycles. The Morgan fingerprint density at radius 1 is 1.04 bits per heavy atom. The van der Waals surface area contributed by atoms with Gasteiger partial charge >= 0.3 is 0 Å². The zero-order valence-electron chi connectivity index (χ0n) is 14.7. The first kappa shape index (κ1) is 17.7. The van der Waals surface area contributed by atoms with E-state index in [2.05, 4.69) is 20.4 Å². The number of nitrogens with zero attached hydrogens (tertiary/aromatic N) is 4. The van der Waals surface area contributed by atoms with Crippen LogP contribution in [0.15, 0.2) is 55.8 Å². The molecule has 3 aromatic heterocycles. The van der Waals surface area contributed by atoms with E-state index in [9.17, 15) is 0 Å². The lowest BCUT2D eigenvalue weighted by Gasteiger charge is -2.03. The van der Waals surface area contributed by atoms with E-state index in [0.29, 0.717) is 29.5 Å². The summed E-state index contributed by atoms with van der Waals surface area (Å²) in [4.78, 5) is 0.946. The van der Waals surface area contributed by atoms with Crippen molar-refractivity contribution in [1.29, 1.82) is 0 Å². The Morgan fingerprint density at radius 3 is 2.59 bits per heavy atom. The van der Waals surface area contributed by atoms with E-state index < -0.39 is 0 Å². The van der Waals surface area contributed by atoms with Crippen LogP contribution in [-0.2, 0) is 0 Å². The summed E-state index contributed by atoms with van der Waals surface area (Å²) in [7, 11) is 0. The van der Waals surface area contributed by atoms with E-state index >= 15 is 0 Å². The van der Waals surface area contributed by atoms with Gasteiger partial charge in [-0.05, 0) is 49.6 Å². The van der Waals surface area contributed by atoms with Gasteiger partial charge in [-0.25, -0.2) is 0 Å². The van der Waals surface area contributed by atoms with Crippen molar-refractivity contribution in [2.24, 2.45) is 0 Å². The molecule has 0 fully saturated rings. The molecule has 0 radical (unpaired) electrons. The monoisotopic (exact) mass is 400 g/mol. The van der Waals surface area contributed by atoms with Gasteiger partial charge in [-0.3, -0.25) is 0 Å². The Balaban J connectivity index is 1.44. The van der Waals surface area contributed by atoms with Gasteiger partial charge in [0.1, 0.15) is 5.75 Å². The number of hydrogen-bond acceptors (Lipinski definition) is 9. The second-order valence-electron chi connectivity index (χ2n) is 5.51. The number of benzene rings is 1. The molecule has 1 atom stereocenters. The van der Waals surface area contributed by atoms with Gasteiger partial charge in [0.25, 0.3) is 11.1 Å². The molecule has 0 aliphatic heterocycles. The average molecular weight is 400 g/mol. The van der Waals surface area contributed by atoms with Crippen LogP contribution in [0.4, 0.5) is 0 Å². The highest BCUT2D eigenvalue weighted by Crippen LogP contribution is 2.36. The maximum absolute atomic E-state index is 5.75. The minimum absolute atomic E-state index is 0.111. The molecule has 9 heteroatoms. The second kappa shape index (κ2) is 7.93. The highest BCUT2D eigenvalue weighted by molar-refractivity contribution is 7.99. The van der Waals surface area contributed by atoms with E-state index in [1.165, 1.54) is 11.8 Å². The molecule has 0 aliphatic carbocycles. The van der Waals surface area contributed by atoms with Crippen LogP contribution in [0.2, 0.25) is 0 Å². The first-order chi connectivity index (χ1) is 13.2. The average Bonchev–Trinajstić information content (AvgIpc) is 3.43. The van der Waals surface area contributed by atoms with Crippen LogP contribution in [0, 0.1) is 0 Å². The number of thioether (sulfide) groups is 1. The largest absolute Gasteiger partial charge is 0.494 e. The SMILES string of the molecule is CCOc1ccc(-c2nnc(S[C@@H](C)c3nnc(-c4cccs4)o3)o2)cc1. The smallest absolute Gasteiger partial charge is 0.277 e. The zero-order valence-corrected chi connectivity index (χ0v) is 16.3. The maximum atomic E-state index is 5.75. The molecular weight excluding hydrogens is 384 g/mol. The van der Waals surface area contributed by atoms with Crippen molar-refractivity contribution < 1.29 is 13.6 Å². The topological polar surface area (TPSA) is 87.1 Å². The van der Waals surface area contributed by atoms with E-state index in [1.54, 1.807) is 11.3 Å². The Bertz CT molecular complexity index is 996. The lowest BCUT2D eigenvalue weighted by molar-refractivity contribution is 0.340. The van der Waals surface area contributed by atoms with Gasteiger partial charge in [0.15, 0.2) is 0 Å². The van der Waals surface area contributed by atoms with Gasteiger partial charge in [0.05, 0.1) is 16.7 Å². The van der Waals surface area contributed by atoms with Gasteiger partial charge < -0.3 is 13.6 Å². The van der Waals surface area contributed by atoms with E-state index in [4.69, 9.17) is 13.6 Å². The first-order valence-electron chi connectivity index (χ1n) is 8.33. The molecule has 0 saturated carbocycles. The molecule has 0 N–H and O–H groups in total. The zero-order chi connectivity index (χ0) is 18.6. The molecule has 0 spiro atoms. The molecule has 1 aromatic carbocycles. The molecule has 4 aromatic rings. The fraction of sp³-hybridized carbons (Fsp3) is 0.222. The Morgan fingerprint density at radius 2 is 1.85 bits per heavy atom. The van der Waals surface area contributed by atoms with Crippen molar-refractivity contribution in [3.63, 3.8) is 0 Å². The molecule has 4 rings (SSSR count). The van der Waals surface area contributed by atoms with Crippen LogP contribution in [-0.4, -0.2) is 27.0 Å². The second-order valence-corrected chi connectivity index (χ2v) is 7.75. The van der Waals surface area contributed by atoms with Crippen LogP contribution in [0.25, 0.3) is 22.2 Å². The van der Waals surface area contributed by atoms with Gasteiger partial charge in [-0.2, -0.15) is 0 Å². The summed E-state index contributed by atoms with van der Waals surface area (Å²) >= 11 is 2.93. The Hall–Kier alpha value is -2.65. The molecule has 7 nitrogen and oxygen atoms in total. The third-order valence-electron chi connectivity index (χ3n) is 3.62. The Labute approximate surface area is 163 Å². The molecule has 0 aliphatic rings. The molecular formula is C18H16N4O3S2. The van der Waals surface area contributed by atoms with Gasteiger partial charge in [0, 0.05) is 5.56 Å². The molecule has 27 heavy (non-hydrogen) atoms. The predicted molar refractivity (Wildman–Crippen MR) is 103 cm³/mol. The summed E-state index contributed by atoms with van der Waals surface area (Å²) in [5.74, 6) is 2.30. The van der Waals surface area contributed by atoms with Crippen molar-refractivity contribution in [3.05, 3.63) is 47.7 Å². The lowest BCUT2D eigenvalue weighted by Crippen LogP contribution is -1.90. The summed E-state index contributed by atoms with van der Waals surface area (Å²) in [5, 5.41) is 18.7. The minimum Gasteiger partial charge on any atom is -0.494 e. The van der Waals surface area contributed by atoms with Crippen molar-refractivity contribution >= 4 is 23.1 Å². The van der Waals surface area contributed by atoms with Gasteiger partial charge in [-0.15, -0.1) is 31.7 Å². The summed E-state index contributed by atoms with van der Waals surface area (Å²) in [6, 6.07) is 11.4. The van der Waals surface area contributed by atoms with Crippen molar-refractivity contribution in [2.45, 2.75) is 24.3 Å². The third kappa shape index (κ3) is 4.04. The van der Waals surface area contributed by atoms with Crippen molar-refractivity contribution in [2.75, 3.05) is 6.61 Å². The summed E-state index contributed by atoms with van der Waals surface area (Å²) in [6.07, 6.45) is 0. The minimum atomic E-state index is -0.111. The summed E-state index contributed by atoms with van der Waals surface area (Å²) in [6.45, 7) is 4.53. The van der Waals surface area contributed by atoms with Crippen LogP contribution >= 0.6 is 23.1 Å². The predicted octanol–water partition coefficient (Wildman–Crippen LogP) is 5.10. The number of thiophene rings is 1. The van der Waals surface area contributed by atoms with Crippen molar-refractivity contribution in [1.82, 2.24) is 20.4 Å². The quantitative estimate of drug-likeness (QED) is 0.396. The molecule has 0 unspecified atom stereocenters. The van der Waals surface area contributed by atoms with Gasteiger partial charge in [-0.1, -0.05) is 17.8 Å². The van der Waals surface area contributed by atoms with Crippen LogP contribution in [0.5, 0.6) is 5.75 Å². The Kier molecular flexibility index (Phi) is 5.21. The van der Waals surface area contributed by atoms with E-state index in [0.717, 1.165) is 16.2 Å². The number of aromatic nitrogens is 4. The standard InChI is InChI=1S/C18H16N4O3S2/c1-3-23-13-8-6-12(7-9-13)16-20-22-18(25-16)27-11(2)15-19-21-17(24-15)14-5-4-10-26-14/h4-11H,3H2,1-2H3/t11-/m0/s1. The first-order valence-corrected chi connectivity index (χ1v) is 10.1. The molecule has 0 saturated heterocycles. The fourth-order valence-electron chi connectivity index (χ4n) is 2.33. The maximum Gasteiger partial charge on any atom is 0.277 e.